The summed E-state index contributed by atoms with van der Waals surface area (Å²) in [5.41, 5.74) is 8.29. The second-order valence-electron chi connectivity index (χ2n) is 11.4. The van der Waals surface area contributed by atoms with Gasteiger partial charge in [0.1, 0.15) is 0 Å². The van der Waals surface area contributed by atoms with Crippen LogP contribution in [-0.4, -0.2) is 21.3 Å². The zero-order chi connectivity index (χ0) is 29.1. The quantitative estimate of drug-likeness (QED) is 0.233. The van der Waals surface area contributed by atoms with E-state index >= 15 is 0 Å². The monoisotopic (exact) mass is 546 g/mol. The molecule has 1 aliphatic carbocycles. The predicted molar refractivity (Wildman–Crippen MR) is 159 cm³/mol. The molecule has 1 aliphatic rings. The minimum absolute atomic E-state index is 0.0814. The number of benzene rings is 2. The fourth-order valence-corrected chi connectivity index (χ4v) is 6.58. The van der Waals surface area contributed by atoms with Gasteiger partial charge in [0.05, 0.1) is 60.8 Å². The average molecular weight is 547 g/mol. The molecule has 0 amide bonds. The summed E-state index contributed by atoms with van der Waals surface area (Å²) in [6, 6.07) is 28.7. The van der Waals surface area contributed by atoms with Gasteiger partial charge in [-0.2, -0.15) is 10.5 Å². The summed E-state index contributed by atoms with van der Waals surface area (Å²) in [4.78, 5) is 0. The second kappa shape index (κ2) is 12.2. The lowest BCUT2D eigenvalue weighted by molar-refractivity contribution is -0.137. The van der Waals surface area contributed by atoms with Gasteiger partial charge in [0.15, 0.2) is 0 Å². The molecule has 0 aliphatic heterocycles. The van der Waals surface area contributed by atoms with Crippen LogP contribution < -0.4 is 0 Å². The van der Waals surface area contributed by atoms with Crippen molar-refractivity contribution in [1.29, 1.82) is 10.5 Å². The van der Waals surface area contributed by atoms with Crippen molar-refractivity contribution in [2.24, 2.45) is 5.92 Å². The van der Waals surface area contributed by atoms with Gasteiger partial charge < -0.3 is 18.6 Å². The molecule has 2 heterocycles. The zero-order valence-electron chi connectivity index (χ0n) is 24.5. The first-order chi connectivity index (χ1) is 19.8. The van der Waals surface area contributed by atoms with Crippen LogP contribution in [-0.2, 0) is 22.7 Å². The molecule has 0 radical (unpaired) electrons. The number of nitriles is 2. The van der Waals surface area contributed by atoms with E-state index in [9.17, 15) is 10.5 Å². The molecule has 2 aromatic carbocycles. The number of rotatable bonds is 8. The van der Waals surface area contributed by atoms with Crippen LogP contribution in [0.3, 0.4) is 0 Å². The Morgan fingerprint density at radius 2 is 0.951 bits per heavy atom. The van der Waals surface area contributed by atoms with Crippen LogP contribution in [0, 0.1) is 56.3 Å². The lowest BCUT2D eigenvalue weighted by Gasteiger charge is -2.48. The van der Waals surface area contributed by atoms with E-state index in [2.05, 4.69) is 80.2 Å². The zero-order valence-corrected chi connectivity index (χ0v) is 24.5. The highest BCUT2D eigenvalue weighted by Crippen LogP contribution is 2.45. The van der Waals surface area contributed by atoms with Gasteiger partial charge in [-0.1, -0.05) is 31.2 Å². The van der Waals surface area contributed by atoms with Crippen molar-refractivity contribution in [2.75, 3.05) is 0 Å². The van der Waals surface area contributed by atoms with Crippen LogP contribution in [0.25, 0.3) is 0 Å². The fraction of sp³-hybridized carbons (Fsp3) is 0.371. The summed E-state index contributed by atoms with van der Waals surface area (Å²) in [5.74, 6) is 0.0814. The van der Waals surface area contributed by atoms with Gasteiger partial charge in [-0.25, -0.2) is 0 Å². The molecule has 4 aromatic rings. The van der Waals surface area contributed by atoms with E-state index in [0.717, 1.165) is 17.5 Å². The van der Waals surface area contributed by atoms with Crippen LogP contribution in [0.5, 0.6) is 0 Å². The lowest BCUT2D eigenvalue weighted by atomic mass is 9.77. The molecule has 6 nitrogen and oxygen atoms in total. The van der Waals surface area contributed by atoms with Crippen molar-refractivity contribution in [2.45, 2.75) is 78.5 Å². The molecule has 4 atom stereocenters. The minimum atomic E-state index is -0.0890. The van der Waals surface area contributed by atoms with Crippen molar-refractivity contribution in [1.82, 2.24) is 9.13 Å². The summed E-state index contributed by atoms with van der Waals surface area (Å²) in [7, 11) is 0. The first-order valence-electron chi connectivity index (χ1n) is 14.3. The Hall–Kier alpha value is -4.10. The summed E-state index contributed by atoms with van der Waals surface area (Å²) in [6.45, 7) is 11.9. The molecule has 1 fully saturated rings. The SMILES string of the molecule is Cc1ccc(C)n1C1CC(n2c(C)ccc2C)C(OCc2ccc(C#N)cc2)C(C)C1OCc1ccc(C#N)cc1. The predicted octanol–water partition coefficient (Wildman–Crippen LogP) is 7.26. The number of aryl methyl sites for hydroxylation is 4. The van der Waals surface area contributed by atoms with E-state index in [4.69, 9.17) is 9.47 Å². The maximum atomic E-state index is 9.21. The highest BCUT2D eigenvalue weighted by atomic mass is 16.5. The molecule has 210 valence electrons. The van der Waals surface area contributed by atoms with Crippen LogP contribution in [0.15, 0.2) is 72.8 Å². The molecule has 1 saturated carbocycles. The molecule has 2 aromatic heterocycles. The molecule has 5 rings (SSSR count). The van der Waals surface area contributed by atoms with Gasteiger partial charge in [0.25, 0.3) is 0 Å². The number of ether oxygens (including phenoxy) is 2. The van der Waals surface area contributed by atoms with E-state index in [-0.39, 0.29) is 30.2 Å². The van der Waals surface area contributed by atoms with Gasteiger partial charge in [0.2, 0.25) is 0 Å². The molecule has 4 unspecified atom stereocenters. The fourth-order valence-electron chi connectivity index (χ4n) is 6.58. The first-order valence-corrected chi connectivity index (χ1v) is 14.3. The lowest BCUT2D eigenvalue weighted by Crippen LogP contribution is -2.50. The Morgan fingerprint density at radius 1 is 0.610 bits per heavy atom. The standard InChI is InChI=1S/C35H38N4O2/c1-23-6-7-24(2)38(23)32-18-33(39-25(3)8-9-26(39)4)35(41-22-31-16-12-29(20-37)13-17-31)27(5)34(32)40-21-30-14-10-28(19-36)11-15-30/h6-17,27,32-35H,18,21-22H2,1-5H3. The molecule has 41 heavy (non-hydrogen) atoms. The van der Waals surface area contributed by atoms with Crippen LogP contribution >= 0.6 is 0 Å². The van der Waals surface area contributed by atoms with Crippen molar-refractivity contribution >= 4 is 0 Å². The average Bonchev–Trinajstić information content (AvgIpc) is 3.50. The van der Waals surface area contributed by atoms with Gasteiger partial charge in [-0.3, -0.25) is 0 Å². The molecule has 0 N–H and O–H groups in total. The van der Waals surface area contributed by atoms with Crippen molar-refractivity contribution < 1.29 is 9.47 Å². The third-order valence-electron chi connectivity index (χ3n) is 8.64. The molecule has 0 saturated heterocycles. The van der Waals surface area contributed by atoms with Crippen LogP contribution in [0.4, 0.5) is 0 Å². The number of hydrogen-bond acceptors (Lipinski definition) is 4. The maximum absolute atomic E-state index is 9.21. The maximum Gasteiger partial charge on any atom is 0.0991 e. The van der Waals surface area contributed by atoms with Crippen molar-refractivity contribution in [3.63, 3.8) is 0 Å². The highest BCUT2D eigenvalue weighted by Gasteiger charge is 2.46. The molecular weight excluding hydrogens is 508 g/mol. The van der Waals surface area contributed by atoms with Crippen LogP contribution in [0.2, 0.25) is 0 Å². The van der Waals surface area contributed by atoms with Gasteiger partial charge in [-0.05, 0) is 93.8 Å². The van der Waals surface area contributed by atoms with E-state index in [1.54, 1.807) is 0 Å². The first kappa shape index (κ1) is 28.4. The van der Waals surface area contributed by atoms with E-state index in [0.29, 0.717) is 24.3 Å². The number of nitrogens with zero attached hydrogens (tertiary/aromatic N) is 4. The highest BCUT2D eigenvalue weighted by molar-refractivity contribution is 5.32. The molecular formula is C35H38N4O2. The van der Waals surface area contributed by atoms with E-state index in [1.807, 2.05) is 48.5 Å². The van der Waals surface area contributed by atoms with Gasteiger partial charge >= 0.3 is 0 Å². The number of hydrogen-bond donors (Lipinski definition) is 0. The smallest absolute Gasteiger partial charge is 0.0991 e. The van der Waals surface area contributed by atoms with E-state index < -0.39 is 0 Å². The molecule has 0 bridgehead atoms. The minimum Gasteiger partial charge on any atom is -0.371 e. The van der Waals surface area contributed by atoms with Crippen molar-refractivity contribution in [3.05, 3.63) is 118 Å². The Kier molecular flexibility index (Phi) is 8.45. The summed E-state index contributed by atoms with van der Waals surface area (Å²) in [5, 5.41) is 18.4. The van der Waals surface area contributed by atoms with Crippen LogP contribution in [0.1, 0.15) is 70.5 Å². The third kappa shape index (κ3) is 5.86. The Morgan fingerprint density at radius 3 is 1.27 bits per heavy atom. The van der Waals surface area contributed by atoms with Crippen molar-refractivity contribution in [3.8, 4) is 12.1 Å². The van der Waals surface area contributed by atoms with E-state index in [1.165, 1.54) is 22.8 Å². The Labute approximate surface area is 243 Å². The molecule has 6 heteroatoms. The normalized spacial score (nSPS) is 22.3. The summed E-state index contributed by atoms with van der Waals surface area (Å²) < 4.78 is 18.5. The summed E-state index contributed by atoms with van der Waals surface area (Å²) in [6.07, 6.45) is 0.690. The third-order valence-corrected chi connectivity index (χ3v) is 8.64. The Bertz CT molecular complexity index is 1410. The largest absolute Gasteiger partial charge is 0.371 e. The molecule has 0 spiro atoms. The second-order valence-corrected chi connectivity index (χ2v) is 11.4. The topological polar surface area (TPSA) is 75.9 Å². The van der Waals surface area contributed by atoms with Gasteiger partial charge in [-0.15, -0.1) is 0 Å². The summed E-state index contributed by atoms with van der Waals surface area (Å²) >= 11 is 0. The number of aromatic nitrogens is 2. The van der Waals surface area contributed by atoms with Gasteiger partial charge in [0, 0.05) is 28.7 Å². The Balaban J connectivity index is 1.50.